The molecule has 24 heavy (non-hydrogen) atoms. The van der Waals surface area contributed by atoms with Gasteiger partial charge in [0.2, 0.25) is 15.9 Å². The van der Waals surface area contributed by atoms with E-state index < -0.39 is 10.0 Å². The summed E-state index contributed by atoms with van der Waals surface area (Å²) < 4.78 is 27.4. The summed E-state index contributed by atoms with van der Waals surface area (Å²) >= 11 is 0. The second-order valence-corrected chi connectivity index (χ2v) is 7.82. The number of anilines is 1. The molecule has 0 aliphatic carbocycles. The molecular formula is C18H20N2O3S. The van der Waals surface area contributed by atoms with E-state index >= 15 is 0 Å². The summed E-state index contributed by atoms with van der Waals surface area (Å²) in [6.07, 6.45) is 1.18. The Hall–Kier alpha value is -2.18. The van der Waals surface area contributed by atoms with Gasteiger partial charge in [-0.2, -0.15) is 0 Å². The van der Waals surface area contributed by atoms with Crippen LogP contribution in [0.15, 0.2) is 47.4 Å². The van der Waals surface area contributed by atoms with Crippen LogP contribution in [0, 0.1) is 6.92 Å². The number of sulfonamides is 1. The van der Waals surface area contributed by atoms with Crippen LogP contribution in [0.4, 0.5) is 5.69 Å². The van der Waals surface area contributed by atoms with E-state index in [1.165, 1.54) is 0 Å². The first-order chi connectivity index (χ1) is 11.4. The van der Waals surface area contributed by atoms with Crippen molar-refractivity contribution in [1.29, 1.82) is 0 Å². The van der Waals surface area contributed by atoms with Crippen LogP contribution in [-0.4, -0.2) is 21.4 Å². The van der Waals surface area contributed by atoms with Gasteiger partial charge in [0.05, 0.1) is 4.90 Å². The van der Waals surface area contributed by atoms with Crippen molar-refractivity contribution in [3.63, 3.8) is 0 Å². The molecule has 0 bridgehead atoms. The van der Waals surface area contributed by atoms with E-state index in [-0.39, 0.29) is 17.3 Å². The van der Waals surface area contributed by atoms with Crippen molar-refractivity contribution in [1.82, 2.24) is 4.72 Å². The number of nitrogens with one attached hydrogen (secondary N) is 1. The lowest BCUT2D eigenvalue weighted by Gasteiger charge is -2.26. The predicted molar refractivity (Wildman–Crippen MR) is 93.4 cm³/mol. The van der Waals surface area contributed by atoms with E-state index in [1.54, 1.807) is 30.1 Å². The molecule has 1 aliphatic rings. The molecule has 0 unspecified atom stereocenters. The number of rotatable bonds is 4. The van der Waals surface area contributed by atoms with Gasteiger partial charge < -0.3 is 4.90 Å². The highest BCUT2D eigenvalue weighted by Crippen LogP contribution is 2.27. The lowest BCUT2D eigenvalue weighted by Crippen LogP contribution is -2.31. The van der Waals surface area contributed by atoms with Crippen molar-refractivity contribution in [3.05, 3.63) is 59.2 Å². The molecule has 3 rings (SSSR count). The van der Waals surface area contributed by atoms with E-state index in [1.807, 2.05) is 31.2 Å². The fourth-order valence-corrected chi connectivity index (χ4v) is 3.99. The van der Waals surface area contributed by atoms with E-state index in [0.29, 0.717) is 12.8 Å². The van der Waals surface area contributed by atoms with Gasteiger partial charge in [0, 0.05) is 25.7 Å². The summed E-state index contributed by atoms with van der Waals surface area (Å²) in [5.74, 6) is 0.107. The third kappa shape index (κ3) is 3.34. The van der Waals surface area contributed by atoms with Crippen LogP contribution in [-0.2, 0) is 27.8 Å². The Morgan fingerprint density at radius 3 is 2.67 bits per heavy atom. The summed E-state index contributed by atoms with van der Waals surface area (Å²) in [5.41, 5.74) is 3.76. The van der Waals surface area contributed by atoms with E-state index in [2.05, 4.69) is 4.72 Å². The SMILES string of the molecule is Cc1cccc(S(=O)(=O)NCc2ccc3c(c2)CCC(=O)N3C)c1. The Balaban J connectivity index is 1.77. The van der Waals surface area contributed by atoms with Gasteiger partial charge in [0.25, 0.3) is 0 Å². The number of aryl methyl sites for hydroxylation is 2. The van der Waals surface area contributed by atoms with Gasteiger partial charge in [-0.25, -0.2) is 13.1 Å². The molecular weight excluding hydrogens is 324 g/mol. The first kappa shape index (κ1) is 16.7. The maximum atomic E-state index is 12.4. The second kappa shape index (κ2) is 6.37. The normalized spacial score (nSPS) is 14.6. The lowest BCUT2D eigenvalue weighted by molar-refractivity contribution is -0.118. The van der Waals surface area contributed by atoms with E-state index in [4.69, 9.17) is 0 Å². The minimum Gasteiger partial charge on any atom is -0.315 e. The van der Waals surface area contributed by atoms with Gasteiger partial charge in [0.15, 0.2) is 0 Å². The third-order valence-electron chi connectivity index (χ3n) is 4.25. The van der Waals surface area contributed by atoms with Crippen LogP contribution in [0.2, 0.25) is 0 Å². The fraction of sp³-hybridized carbons (Fsp3) is 0.278. The average Bonchev–Trinajstić information content (AvgIpc) is 2.56. The number of carbonyl (C=O) groups excluding carboxylic acids is 1. The minimum atomic E-state index is -3.54. The smallest absolute Gasteiger partial charge is 0.240 e. The van der Waals surface area contributed by atoms with Crippen molar-refractivity contribution in [3.8, 4) is 0 Å². The highest BCUT2D eigenvalue weighted by atomic mass is 32.2. The molecule has 6 heteroatoms. The Morgan fingerprint density at radius 1 is 1.12 bits per heavy atom. The summed E-state index contributed by atoms with van der Waals surface area (Å²) in [6, 6.07) is 12.5. The number of benzene rings is 2. The minimum absolute atomic E-state index is 0.107. The van der Waals surface area contributed by atoms with Crippen LogP contribution in [0.3, 0.4) is 0 Å². The summed E-state index contributed by atoms with van der Waals surface area (Å²) in [5, 5.41) is 0. The zero-order valence-electron chi connectivity index (χ0n) is 13.7. The first-order valence-corrected chi connectivity index (χ1v) is 9.30. The molecule has 5 nitrogen and oxygen atoms in total. The molecule has 1 amide bonds. The molecule has 1 heterocycles. The zero-order valence-corrected chi connectivity index (χ0v) is 14.6. The van der Waals surface area contributed by atoms with Gasteiger partial charge in [-0.05, 0) is 48.2 Å². The lowest BCUT2D eigenvalue weighted by atomic mass is 9.99. The van der Waals surface area contributed by atoms with E-state index in [9.17, 15) is 13.2 Å². The van der Waals surface area contributed by atoms with Crippen LogP contribution >= 0.6 is 0 Å². The van der Waals surface area contributed by atoms with Crippen molar-refractivity contribution in [2.24, 2.45) is 0 Å². The van der Waals surface area contributed by atoms with Gasteiger partial charge in [-0.15, -0.1) is 0 Å². The summed E-state index contributed by atoms with van der Waals surface area (Å²) in [4.78, 5) is 13.6. The van der Waals surface area contributed by atoms with Crippen LogP contribution in [0.25, 0.3) is 0 Å². The van der Waals surface area contributed by atoms with Gasteiger partial charge in [-0.1, -0.05) is 24.3 Å². The molecule has 0 saturated heterocycles. The molecule has 2 aromatic carbocycles. The number of amides is 1. The van der Waals surface area contributed by atoms with E-state index in [0.717, 1.165) is 22.4 Å². The molecule has 0 fully saturated rings. The van der Waals surface area contributed by atoms with Crippen molar-refractivity contribution >= 4 is 21.6 Å². The molecule has 1 N–H and O–H groups in total. The van der Waals surface area contributed by atoms with Crippen LogP contribution in [0.1, 0.15) is 23.1 Å². The topological polar surface area (TPSA) is 66.5 Å². The summed E-state index contributed by atoms with van der Waals surface area (Å²) in [7, 11) is -1.77. The van der Waals surface area contributed by atoms with Crippen LogP contribution < -0.4 is 9.62 Å². The largest absolute Gasteiger partial charge is 0.315 e. The standard InChI is InChI=1S/C18H20N2O3S/c1-13-4-3-5-16(10-13)24(22,23)19-12-14-6-8-17-15(11-14)7-9-18(21)20(17)2/h3-6,8,10-11,19H,7,9,12H2,1-2H3. The molecule has 0 radical (unpaired) electrons. The maximum absolute atomic E-state index is 12.4. The Morgan fingerprint density at radius 2 is 1.92 bits per heavy atom. The number of fused-ring (bicyclic) bond motifs is 1. The highest BCUT2D eigenvalue weighted by Gasteiger charge is 2.21. The van der Waals surface area contributed by atoms with Gasteiger partial charge >= 0.3 is 0 Å². The summed E-state index contributed by atoms with van der Waals surface area (Å²) in [6.45, 7) is 2.08. The molecule has 0 saturated carbocycles. The Kier molecular flexibility index (Phi) is 4.43. The maximum Gasteiger partial charge on any atom is 0.240 e. The average molecular weight is 344 g/mol. The molecule has 0 aromatic heterocycles. The van der Waals surface area contributed by atoms with Crippen LogP contribution in [0.5, 0.6) is 0 Å². The monoisotopic (exact) mass is 344 g/mol. The first-order valence-electron chi connectivity index (χ1n) is 7.81. The van der Waals surface area contributed by atoms with Crippen molar-refractivity contribution < 1.29 is 13.2 Å². The van der Waals surface area contributed by atoms with Crippen molar-refractivity contribution in [2.75, 3.05) is 11.9 Å². The highest BCUT2D eigenvalue weighted by molar-refractivity contribution is 7.89. The quantitative estimate of drug-likeness (QED) is 0.926. The predicted octanol–water partition coefficient (Wildman–Crippen LogP) is 2.38. The van der Waals surface area contributed by atoms with Gasteiger partial charge in [0.1, 0.15) is 0 Å². The number of hydrogen-bond donors (Lipinski definition) is 1. The molecule has 0 atom stereocenters. The fourth-order valence-electron chi connectivity index (χ4n) is 2.86. The number of nitrogens with zero attached hydrogens (tertiary/aromatic N) is 1. The molecule has 0 spiro atoms. The number of hydrogen-bond acceptors (Lipinski definition) is 3. The number of carbonyl (C=O) groups is 1. The molecule has 126 valence electrons. The third-order valence-corrected chi connectivity index (χ3v) is 5.65. The second-order valence-electron chi connectivity index (χ2n) is 6.06. The molecule has 1 aliphatic heterocycles. The molecule has 2 aromatic rings. The Labute approximate surface area is 142 Å². The Bertz CT molecular complexity index is 891. The van der Waals surface area contributed by atoms with Gasteiger partial charge in [-0.3, -0.25) is 4.79 Å². The zero-order chi connectivity index (χ0) is 17.3. The van der Waals surface area contributed by atoms with Crippen molar-refractivity contribution in [2.45, 2.75) is 31.2 Å².